The van der Waals surface area contributed by atoms with Crippen LogP contribution in [0.25, 0.3) is 21.9 Å². The molecule has 0 saturated carbocycles. The molecular formula is C25H34N2O4. The van der Waals surface area contributed by atoms with E-state index in [9.17, 15) is 4.79 Å². The Morgan fingerprint density at radius 2 is 1.35 bits per heavy atom. The van der Waals surface area contributed by atoms with Gasteiger partial charge in [-0.15, -0.1) is 0 Å². The molecule has 0 atom stereocenters. The monoisotopic (exact) mass is 426 g/mol. The first-order valence-corrected chi connectivity index (χ1v) is 11.4. The summed E-state index contributed by atoms with van der Waals surface area (Å²) in [7, 11) is 0. The molecule has 0 amide bonds. The van der Waals surface area contributed by atoms with Crippen LogP contribution in [0.3, 0.4) is 0 Å². The Balaban J connectivity index is 1.65. The van der Waals surface area contributed by atoms with E-state index in [-0.39, 0.29) is 5.43 Å². The van der Waals surface area contributed by atoms with E-state index >= 15 is 0 Å². The summed E-state index contributed by atoms with van der Waals surface area (Å²) in [6.45, 7) is 9.43. The van der Waals surface area contributed by atoms with Gasteiger partial charge in [0.2, 0.25) is 5.43 Å². The lowest BCUT2D eigenvalue weighted by Gasteiger charge is -2.09. The third-order valence-corrected chi connectivity index (χ3v) is 5.00. The Kier molecular flexibility index (Phi) is 9.18. The van der Waals surface area contributed by atoms with Crippen molar-refractivity contribution < 1.29 is 13.9 Å². The van der Waals surface area contributed by atoms with Crippen molar-refractivity contribution in [2.75, 3.05) is 39.4 Å². The fourth-order valence-corrected chi connectivity index (χ4v) is 3.37. The maximum absolute atomic E-state index is 13.0. The zero-order valence-electron chi connectivity index (χ0n) is 18.7. The lowest BCUT2D eigenvalue weighted by molar-refractivity contribution is 0.308. The number of ether oxygens (including phenoxy) is 2. The van der Waals surface area contributed by atoms with Gasteiger partial charge in [0.15, 0.2) is 0 Å². The molecule has 3 aromatic rings. The highest BCUT2D eigenvalue weighted by Gasteiger charge is 2.10. The van der Waals surface area contributed by atoms with Crippen LogP contribution in [0.1, 0.15) is 39.5 Å². The molecular weight excluding hydrogens is 392 g/mol. The molecule has 1 heterocycles. The summed E-state index contributed by atoms with van der Waals surface area (Å²) in [6, 6.07) is 10.8. The number of hydrogen-bond acceptors (Lipinski definition) is 6. The predicted octanol–water partition coefficient (Wildman–Crippen LogP) is 4.48. The van der Waals surface area contributed by atoms with Crippen molar-refractivity contribution >= 4 is 21.9 Å². The van der Waals surface area contributed by atoms with Crippen molar-refractivity contribution in [3.63, 3.8) is 0 Å². The van der Waals surface area contributed by atoms with Gasteiger partial charge in [0.05, 0.1) is 24.0 Å². The van der Waals surface area contributed by atoms with E-state index < -0.39 is 0 Å². The zero-order valence-corrected chi connectivity index (χ0v) is 18.7. The van der Waals surface area contributed by atoms with Gasteiger partial charge >= 0.3 is 0 Å². The van der Waals surface area contributed by atoms with E-state index in [4.69, 9.17) is 13.9 Å². The molecule has 0 aliphatic rings. The van der Waals surface area contributed by atoms with Crippen LogP contribution in [-0.4, -0.2) is 39.4 Å². The molecule has 0 saturated heterocycles. The molecule has 0 spiro atoms. The fraction of sp³-hybridized carbons (Fsp3) is 0.480. The summed E-state index contributed by atoms with van der Waals surface area (Å²) in [5, 5.41) is 7.78. The maximum Gasteiger partial charge on any atom is 0.200 e. The largest absolute Gasteiger partial charge is 0.494 e. The quantitative estimate of drug-likeness (QED) is 0.292. The van der Waals surface area contributed by atoms with Crippen LogP contribution >= 0.6 is 0 Å². The molecule has 1 aromatic heterocycles. The predicted molar refractivity (Wildman–Crippen MR) is 127 cm³/mol. The number of nitrogens with one attached hydrogen (secondary N) is 2. The minimum Gasteiger partial charge on any atom is -0.494 e. The van der Waals surface area contributed by atoms with Gasteiger partial charge in [0, 0.05) is 6.07 Å². The van der Waals surface area contributed by atoms with Crippen LogP contribution in [-0.2, 0) is 0 Å². The van der Waals surface area contributed by atoms with Gasteiger partial charge < -0.3 is 24.5 Å². The van der Waals surface area contributed by atoms with Crippen molar-refractivity contribution in [3.8, 4) is 11.5 Å². The molecule has 0 unspecified atom stereocenters. The highest BCUT2D eigenvalue weighted by atomic mass is 16.5. The summed E-state index contributed by atoms with van der Waals surface area (Å²) >= 11 is 0. The SMILES string of the molecule is CCCNCCCOc1ccc2c(=O)c3cc(OCCCNCCC)ccc3oc2c1. The molecule has 0 radical (unpaired) electrons. The summed E-state index contributed by atoms with van der Waals surface area (Å²) in [6.07, 6.45) is 4.10. The van der Waals surface area contributed by atoms with Gasteiger partial charge in [-0.1, -0.05) is 13.8 Å². The minimum absolute atomic E-state index is 0.0540. The second kappa shape index (κ2) is 12.3. The zero-order chi connectivity index (χ0) is 21.9. The first kappa shape index (κ1) is 23.1. The standard InChI is InChI=1S/C25H34N2O4/c1-3-11-26-13-5-15-29-19-8-10-23-22(17-19)25(28)21-9-7-20(18-24(21)31-23)30-16-6-14-27-12-4-2/h7-10,17-18,26-27H,3-6,11-16H2,1-2H3. The lowest BCUT2D eigenvalue weighted by atomic mass is 10.1. The molecule has 6 heteroatoms. The summed E-state index contributed by atoms with van der Waals surface area (Å²) in [5.74, 6) is 1.40. The smallest absolute Gasteiger partial charge is 0.200 e. The first-order chi connectivity index (χ1) is 15.2. The molecule has 31 heavy (non-hydrogen) atoms. The Hall–Kier alpha value is -2.57. The average Bonchev–Trinajstić information content (AvgIpc) is 2.79. The third kappa shape index (κ3) is 6.71. The summed E-state index contributed by atoms with van der Waals surface area (Å²) in [4.78, 5) is 13.0. The normalized spacial score (nSPS) is 11.3. The second-order valence-electron chi connectivity index (χ2n) is 7.65. The Bertz CT molecular complexity index is 1020. The topological polar surface area (TPSA) is 72.7 Å². The number of hydrogen-bond donors (Lipinski definition) is 2. The van der Waals surface area contributed by atoms with Crippen molar-refractivity contribution in [1.29, 1.82) is 0 Å². The minimum atomic E-state index is -0.0540. The summed E-state index contributed by atoms with van der Waals surface area (Å²) in [5.41, 5.74) is 1.03. The molecule has 2 N–H and O–H groups in total. The number of rotatable bonds is 14. The molecule has 0 bridgehead atoms. The Morgan fingerprint density at radius 1 is 0.742 bits per heavy atom. The van der Waals surface area contributed by atoms with Crippen molar-refractivity contribution in [2.45, 2.75) is 39.5 Å². The van der Waals surface area contributed by atoms with E-state index in [1.807, 2.05) is 12.1 Å². The summed E-state index contributed by atoms with van der Waals surface area (Å²) < 4.78 is 17.6. The van der Waals surface area contributed by atoms with Crippen molar-refractivity contribution in [3.05, 3.63) is 46.6 Å². The number of benzene rings is 2. The van der Waals surface area contributed by atoms with E-state index in [0.29, 0.717) is 46.7 Å². The van der Waals surface area contributed by atoms with Crippen LogP contribution in [0.15, 0.2) is 45.6 Å². The van der Waals surface area contributed by atoms with Gasteiger partial charge in [-0.3, -0.25) is 4.79 Å². The van der Waals surface area contributed by atoms with Gasteiger partial charge in [-0.05, 0) is 82.2 Å². The Labute approximate surface area is 183 Å². The van der Waals surface area contributed by atoms with E-state index in [2.05, 4.69) is 24.5 Å². The molecule has 6 nitrogen and oxygen atoms in total. The lowest BCUT2D eigenvalue weighted by Crippen LogP contribution is -2.18. The molecule has 0 aliphatic carbocycles. The molecule has 3 rings (SSSR count). The van der Waals surface area contributed by atoms with Gasteiger partial charge in [-0.2, -0.15) is 0 Å². The van der Waals surface area contributed by atoms with E-state index in [1.165, 1.54) is 0 Å². The van der Waals surface area contributed by atoms with Crippen molar-refractivity contribution in [1.82, 2.24) is 10.6 Å². The van der Waals surface area contributed by atoms with Crippen molar-refractivity contribution in [2.24, 2.45) is 0 Å². The average molecular weight is 427 g/mol. The molecule has 0 fully saturated rings. The molecule has 0 aliphatic heterocycles. The van der Waals surface area contributed by atoms with Crippen LogP contribution in [0.2, 0.25) is 0 Å². The van der Waals surface area contributed by atoms with Crippen LogP contribution < -0.4 is 25.5 Å². The Morgan fingerprint density at radius 3 is 2.00 bits per heavy atom. The van der Waals surface area contributed by atoms with Gasteiger partial charge in [0.1, 0.15) is 22.7 Å². The van der Waals surface area contributed by atoms with Crippen LogP contribution in [0, 0.1) is 0 Å². The van der Waals surface area contributed by atoms with Crippen LogP contribution in [0.4, 0.5) is 0 Å². The van der Waals surface area contributed by atoms with Gasteiger partial charge in [0.25, 0.3) is 0 Å². The molecule has 168 valence electrons. The first-order valence-electron chi connectivity index (χ1n) is 11.4. The third-order valence-electron chi connectivity index (χ3n) is 5.00. The second-order valence-corrected chi connectivity index (χ2v) is 7.65. The van der Waals surface area contributed by atoms with Crippen LogP contribution in [0.5, 0.6) is 11.5 Å². The maximum atomic E-state index is 13.0. The molecule has 2 aromatic carbocycles. The van der Waals surface area contributed by atoms with Gasteiger partial charge in [-0.25, -0.2) is 0 Å². The highest BCUT2D eigenvalue weighted by molar-refractivity contribution is 5.90. The number of fused-ring (bicyclic) bond motifs is 2. The highest BCUT2D eigenvalue weighted by Crippen LogP contribution is 2.25. The fourth-order valence-electron chi connectivity index (χ4n) is 3.37. The van der Waals surface area contributed by atoms with E-state index in [1.54, 1.807) is 24.3 Å². The van der Waals surface area contributed by atoms with E-state index in [0.717, 1.165) is 51.9 Å².